The second-order valence-electron chi connectivity index (χ2n) is 4.85. The van der Waals surface area contributed by atoms with Crippen molar-refractivity contribution in [3.05, 3.63) is 34.3 Å². The predicted octanol–water partition coefficient (Wildman–Crippen LogP) is 3.46. The molecule has 0 bridgehead atoms. The zero-order chi connectivity index (χ0) is 20.6. The molecule has 0 atom stereocenters. The number of benzene rings is 1. The van der Waals surface area contributed by atoms with Crippen LogP contribution in [0.1, 0.15) is 29.2 Å². The number of hydrogen-bond acceptors (Lipinski definition) is 7. The second kappa shape index (κ2) is 7.05. The highest BCUT2D eigenvalue weighted by Gasteiger charge is 2.48. The number of carbonyl (C=O) groups is 1. The molecule has 0 spiro atoms. The maximum absolute atomic E-state index is 12.8. The first-order valence-electron chi connectivity index (χ1n) is 7.45. The minimum absolute atomic E-state index is 0.0429. The van der Waals surface area contributed by atoms with Crippen molar-refractivity contribution in [1.82, 2.24) is 4.98 Å². The Kier molecular flexibility index (Phi) is 4.97. The van der Waals surface area contributed by atoms with Gasteiger partial charge in [0.1, 0.15) is 16.0 Å². The van der Waals surface area contributed by atoms with Gasteiger partial charge >= 0.3 is 11.5 Å². The van der Waals surface area contributed by atoms with Crippen LogP contribution in [0.3, 0.4) is 0 Å². The highest BCUT2D eigenvalue weighted by Crippen LogP contribution is 2.35. The molecule has 138 valence electrons. The van der Waals surface area contributed by atoms with Crippen LogP contribution in [0, 0.1) is 18.3 Å². The highest BCUT2D eigenvalue weighted by atomic mass is 32.2. The van der Waals surface area contributed by atoms with E-state index >= 15 is 0 Å². The lowest BCUT2D eigenvalue weighted by molar-refractivity contribution is -0.0436. The van der Waals surface area contributed by atoms with Crippen LogP contribution >= 0.6 is 11.3 Å². The van der Waals surface area contributed by atoms with Crippen LogP contribution in [0.2, 0.25) is 0 Å². The molecule has 0 radical (unpaired) electrons. The first kappa shape index (κ1) is 18.3. The van der Waals surface area contributed by atoms with E-state index in [1.54, 1.807) is 6.92 Å². The Morgan fingerprint density at radius 3 is 2.69 bits per heavy atom. The van der Waals surface area contributed by atoms with Gasteiger partial charge in [-0.1, -0.05) is 6.07 Å². The number of thiazole rings is 1. The molecule has 0 aliphatic carbocycles. The van der Waals surface area contributed by atoms with Crippen molar-refractivity contribution in [1.29, 1.82) is 5.26 Å². The molecule has 0 N–H and O–H groups in total. The molecule has 0 fully saturated rings. The number of alkyl halides is 3. The third-order valence-electron chi connectivity index (χ3n) is 3.10. The first-order valence-corrected chi connectivity index (χ1v) is 9.25. The van der Waals surface area contributed by atoms with Crippen LogP contribution in [0.15, 0.2) is 23.1 Å². The average molecular weight is 405 g/mol. The van der Waals surface area contributed by atoms with Crippen molar-refractivity contribution in [2.24, 2.45) is 0 Å². The minimum Gasteiger partial charge on any atom is -0.462 e. The summed E-state index contributed by atoms with van der Waals surface area (Å²) in [6, 6.07) is 2.13. The largest absolute Gasteiger partial charge is 0.501 e. The molecule has 1 aromatic carbocycles. The number of nitriles is 1. The van der Waals surface area contributed by atoms with Crippen LogP contribution in [-0.2, 0) is 14.6 Å². The quantitative estimate of drug-likeness (QED) is 0.723. The van der Waals surface area contributed by atoms with Crippen molar-refractivity contribution < 1.29 is 32.5 Å². The molecule has 6 nitrogen and oxygen atoms in total. The molecular formula is C15H11F3N2O4S2. The Morgan fingerprint density at radius 1 is 1.50 bits per heavy atom. The molecule has 0 aliphatic rings. The summed E-state index contributed by atoms with van der Waals surface area (Å²) in [6.07, 6.45) is 0. The van der Waals surface area contributed by atoms with Crippen molar-refractivity contribution in [3.8, 4) is 16.6 Å². The van der Waals surface area contributed by atoms with Gasteiger partial charge in [-0.15, -0.1) is 11.3 Å². The Hall–Kier alpha value is -2.45. The van der Waals surface area contributed by atoms with Gasteiger partial charge in [0, 0.05) is 5.56 Å². The minimum atomic E-state index is -5.87. The van der Waals surface area contributed by atoms with Gasteiger partial charge in [0.05, 0.1) is 24.1 Å². The normalized spacial score (nSPS) is 12.4. The number of hydrogen-bond donors (Lipinski definition) is 0. The Balaban J connectivity index is 2.64. The third-order valence-corrected chi connectivity index (χ3v) is 5.77. The molecule has 1 aromatic heterocycles. The van der Waals surface area contributed by atoms with Crippen LogP contribution in [0.5, 0.6) is 0 Å². The smallest absolute Gasteiger partial charge is 0.462 e. The number of nitrogens with zero attached hydrogens (tertiary/aromatic N) is 2. The number of carbonyl (C=O) groups excluding carboxylic acids is 1. The van der Waals surface area contributed by atoms with Crippen LogP contribution in [-0.4, -0.2) is 31.5 Å². The summed E-state index contributed by atoms with van der Waals surface area (Å²) in [4.78, 5) is 14.7. The van der Waals surface area contributed by atoms with E-state index in [0.717, 1.165) is 23.5 Å². The fourth-order valence-corrected chi connectivity index (χ4v) is 3.72. The Morgan fingerprint density at radius 2 is 2.15 bits per heavy atom. The van der Waals surface area contributed by atoms with Crippen molar-refractivity contribution in [2.45, 2.75) is 24.3 Å². The summed E-state index contributed by atoms with van der Waals surface area (Å²) in [5.41, 5.74) is -6.14. The molecule has 11 heteroatoms. The van der Waals surface area contributed by atoms with Gasteiger partial charge in [0.25, 0.3) is 9.84 Å². The highest BCUT2D eigenvalue weighted by molar-refractivity contribution is 7.92. The van der Waals surface area contributed by atoms with Gasteiger partial charge in [0.2, 0.25) is 0 Å². The number of esters is 1. The maximum atomic E-state index is 12.8. The summed E-state index contributed by atoms with van der Waals surface area (Å²) in [5, 5.41) is 9.24. The molecule has 0 saturated carbocycles. The first-order chi connectivity index (χ1) is 12.4. The van der Waals surface area contributed by atoms with E-state index in [2.05, 4.69) is 4.98 Å². The molecule has 0 saturated heterocycles. The number of aromatic nitrogens is 1. The van der Waals surface area contributed by atoms with E-state index in [0.29, 0.717) is 5.69 Å². The molecule has 2 aromatic rings. The van der Waals surface area contributed by atoms with Gasteiger partial charge in [-0.3, -0.25) is 0 Å². The van der Waals surface area contributed by atoms with Crippen molar-refractivity contribution in [3.63, 3.8) is 0 Å². The second-order valence-corrected chi connectivity index (χ2v) is 7.72. The lowest BCUT2D eigenvalue weighted by Crippen LogP contribution is -2.24. The van der Waals surface area contributed by atoms with E-state index in [-0.39, 0.29) is 22.1 Å². The molecule has 0 unspecified atom stereocenters. The lowest BCUT2D eigenvalue weighted by atomic mass is 10.1. The topological polar surface area (TPSA) is 97.1 Å². The van der Waals surface area contributed by atoms with Crippen molar-refractivity contribution in [2.75, 3.05) is 6.61 Å². The summed E-state index contributed by atoms with van der Waals surface area (Å²) < 4.78 is 74.3. The van der Waals surface area contributed by atoms with E-state index < -0.39 is 37.8 Å². The van der Waals surface area contributed by atoms with Gasteiger partial charge in [-0.2, -0.15) is 18.4 Å². The Bertz CT molecular complexity index is 1060. The molecule has 1 heterocycles. The third kappa shape index (κ3) is 3.56. The average Bonchev–Trinajstić information content (AvgIpc) is 2.94. The van der Waals surface area contributed by atoms with Gasteiger partial charge in [0.15, 0.2) is 0 Å². The summed E-state index contributed by atoms with van der Waals surface area (Å²) in [6.45, 7) is 3.26. The van der Waals surface area contributed by atoms with E-state index in [9.17, 15) is 26.4 Å². The van der Waals surface area contributed by atoms with Gasteiger partial charge in [-0.05, 0) is 26.0 Å². The van der Waals surface area contributed by atoms with Gasteiger partial charge < -0.3 is 4.74 Å². The number of aryl methyl sites for hydroxylation is 1. The summed E-state index contributed by atoms with van der Waals surface area (Å²) >= 11 is 0.857. The number of ether oxygens (including phenoxy) is 1. The maximum Gasteiger partial charge on any atom is 0.501 e. The molecule has 0 amide bonds. The molecular weight excluding hydrogens is 393 g/mol. The van der Waals surface area contributed by atoms with Crippen LogP contribution < -0.4 is 0 Å². The number of rotatable bonds is 4. The molecule has 26 heavy (non-hydrogen) atoms. The van der Waals surface area contributed by atoms with Crippen LogP contribution in [0.4, 0.5) is 13.2 Å². The zero-order valence-electron chi connectivity index (χ0n) is 14.3. The SMILES string of the molecule is [2H]c1cc(-c2nc(C)c(C(=O)OCC)s2)cc(C#N)c1S(=O)(=O)C(F)(F)F. The number of halogens is 3. The standard InChI is InChI=1S/C15H11F3N2O4S2/c1-3-24-14(21)12-8(2)20-13(25-12)9-4-5-11(10(6-9)7-19)26(22,23)15(16,17)18/h4-6H,3H2,1-2H3/i5D. The fourth-order valence-electron chi connectivity index (χ4n) is 1.93. The molecule has 2 rings (SSSR count). The van der Waals surface area contributed by atoms with E-state index in [1.165, 1.54) is 13.0 Å². The predicted molar refractivity (Wildman–Crippen MR) is 86.2 cm³/mol. The lowest BCUT2D eigenvalue weighted by Gasteiger charge is -2.10. The van der Waals surface area contributed by atoms with Gasteiger partial charge in [-0.25, -0.2) is 18.2 Å². The van der Waals surface area contributed by atoms with Crippen molar-refractivity contribution >= 4 is 27.1 Å². The summed E-state index contributed by atoms with van der Waals surface area (Å²) in [7, 11) is -5.87. The van der Waals surface area contributed by atoms with E-state index in [1.807, 2.05) is 0 Å². The van der Waals surface area contributed by atoms with Crippen LogP contribution in [0.25, 0.3) is 10.6 Å². The Labute approximate surface area is 152 Å². The number of sulfone groups is 1. The van der Waals surface area contributed by atoms with E-state index in [4.69, 9.17) is 11.4 Å². The summed E-state index contributed by atoms with van der Waals surface area (Å²) in [5.74, 6) is -0.637. The fraction of sp³-hybridized carbons (Fsp3) is 0.267. The zero-order valence-corrected chi connectivity index (χ0v) is 15.0. The molecule has 0 aliphatic heterocycles. The monoisotopic (exact) mass is 405 g/mol.